The molecule has 1 aromatic heterocycles. The monoisotopic (exact) mass is 848 g/mol. The minimum Gasteiger partial charge on any atom is -0.486 e. The summed E-state index contributed by atoms with van der Waals surface area (Å²) < 4.78 is 119. The van der Waals surface area contributed by atoms with Crippen LogP contribution in [-0.4, -0.2) is 56.4 Å². The Morgan fingerprint density at radius 2 is 1.16 bits per heavy atom. The molecule has 2 fully saturated rings. The Kier molecular flexibility index (Phi) is 12.2. The molecule has 1 amide bonds. The molecule has 2 aliphatic carbocycles. The number of carbonyl (C=O) groups excluding carboxylic acids is 1. The van der Waals surface area contributed by atoms with Crippen molar-refractivity contribution in [2.24, 2.45) is 0 Å². The molecule has 12 nitrogen and oxygen atoms in total. The Labute approximate surface area is 327 Å². The van der Waals surface area contributed by atoms with E-state index in [0.29, 0.717) is 42.9 Å². The van der Waals surface area contributed by atoms with Crippen molar-refractivity contribution in [1.29, 1.82) is 0 Å². The molecule has 2 unspecified atom stereocenters. The van der Waals surface area contributed by atoms with E-state index in [1.165, 1.54) is 61.8 Å². The van der Waals surface area contributed by atoms with E-state index in [-0.39, 0.29) is 42.3 Å². The molecule has 0 saturated heterocycles. The van der Waals surface area contributed by atoms with Gasteiger partial charge in [0.05, 0.1) is 33.6 Å². The van der Waals surface area contributed by atoms with Gasteiger partial charge in [-0.2, -0.15) is 0 Å². The van der Waals surface area contributed by atoms with Crippen molar-refractivity contribution < 1.29 is 63.3 Å². The lowest BCUT2D eigenvalue weighted by atomic mass is 10.1. The Hall–Kier alpha value is -5.53. The first-order valence-electron chi connectivity index (χ1n) is 17.0. The molecule has 57 heavy (non-hydrogen) atoms. The third-order valence-electron chi connectivity index (χ3n) is 8.60. The highest BCUT2D eigenvalue weighted by Crippen LogP contribution is 2.36. The van der Waals surface area contributed by atoms with Gasteiger partial charge in [-0.3, -0.25) is 10.1 Å². The standard InChI is InChI=1S/C21H18F2N2O5S2.C17H14F2O5S/c1-29-18-11-24-21(31-18)25-20(26)19(30-17-9-4-13(22)10-16(17)23)12-2-5-14(6-3-12)32(27,28)15-7-8-15;18-11-3-8-15(14(19)9-11)24-16(17(20)21)10-1-4-12(5-2-10)25(22,23)13-6-7-13/h2-6,9-11,15,19H,7-8H2,1H3,(H,24,25,26);1-5,8-9,13,16H,6-7H2,(H,20,21). The van der Waals surface area contributed by atoms with Crippen LogP contribution in [-0.2, 0) is 29.3 Å². The second-order valence-corrected chi connectivity index (χ2v) is 18.2. The summed E-state index contributed by atoms with van der Waals surface area (Å²) in [4.78, 5) is 28.7. The number of aliphatic carboxylic acids is 1. The van der Waals surface area contributed by atoms with Gasteiger partial charge in [0.15, 0.2) is 53.0 Å². The normalized spacial score (nSPS) is 15.0. The van der Waals surface area contributed by atoms with Gasteiger partial charge in [-0.05, 0) is 74.2 Å². The van der Waals surface area contributed by atoms with E-state index in [1.54, 1.807) is 0 Å². The second kappa shape index (κ2) is 16.9. The number of aromatic nitrogens is 1. The molecule has 7 rings (SSSR count). The average molecular weight is 849 g/mol. The lowest BCUT2D eigenvalue weighted by Crippen LogP contribution is -2.26. The number of hydrogen-bond donors (Lipinski definition) is 2. The van der Waals surface area contributed by atoms with Crippen LogP contribution in [0.25, 0.3) is 0 Å². The molecular weight excluding hydrogens is 817 g/mol. The zero-order chi connectivity index (χ0) is 41.1. The quantitative estimate of drug-likeness (QED) is 0.108. The number of nitrogens with zero attached hydrogens (tertiary/aromatic N) is 1. The summed E-state index contributed by atoms with van der Waals surface area (Å²) in [6.45, 7) is 0. The molecule has 4 aromatic carbocycles. The fourth-order valence-corrected chi connectivity index (χ4v) is 9.27. The van der Waals surface area contributed by atoms with Crippen LogP contribution >= 0.6 is 11.3 Å². The summed E-state index contributed by atoms with van der Waals surface area (Å²) >= 11 is 1.08. The van der Waals surface area contributed by atoms with Gasteiger partial charge in [-0.25, -0.2) is 44.2 Å². The fraction of sp³-hybridized carbons (Fsp3) is 0.237. The molecule has 2 saturated carbocycles. The zero-order valence-corrected chi connectivity index (χ0v) is 32.1. The predicted octanol–water partition coefficient (Wildman–Crippen LogP) is 7.23. The summed E-state index contributed by atoms with van der Waals surface area (Å²) in [5, 5.41) is 11.8. The van der Waals surface area contributed by atoms with E-state index in [1.807, 2.05) is 0 Å². The molecular formula is C38H32F4N2O10S3. The first-order chi connectivity index (χ1) is 27.1. The minimum absolute atomic E-state index is 0.107. The molecule has 0 bridgehead atoms. The van der Waals surface area contributed by atoms with Crippen molar-refractivity contribution in [3.05, 3.63) is 126 Å². The summed E-state index contributed by atoms with van der Waals surface area (Å²) in [5.41, 5.74) is 0.426. The van der Waals surface area contributed by atoms with Gasteiger partial charge >= 0.3 is 5.97 Å². The van der Waals surface area contributed by atoms with Crippen LogP contribution in [0, 0.1) is 23.3 Å². The number of anilines is 1. The van der Waals surface area contributed by atoms with Crippen LogP contribution in [0.5, 0.6) is 16.6 Å². The molecule has 0 aliphatic heterocycles. The van der Waals surface area contributed by atoms with Gasteiger partial charge in [0, 0.05) is 23.3 Å². The van der Waals surface area contributed by atoms with E-state index < -0.39 is 72.8 Å². The first-order valence-corrected chi connectivity index (χ1v) is 20.9. The molecule has 19 heteroatoms. The predicted molar refractivity (Wildman–Crippen MR) is 198 cm³/mol. The third kappa shape index (κ3) is 9.89. The van der Waals surface area contributed by atoms with Crippen molar-refractivity contribution in [2.75, 3.05) is 12.4 Å². The summed E-state index contributed by atoms with van der Waals surface area (Å²) in [6.07, 6.45) is 0.996. The van der Waals surface area contributed by atoms with Crippen LogP contribution in [0.1, 0.15) is 49.0 Å². The van der Waals surface area contributed by atoms with Crippen LogP contribution in [0.15, 0.2) is 101 Å². The average Bonchev–Trinajstić information content (AvgIpc) is 4.12. The Morgan fingerprint density at radius 3 is 1.54 bits per heavy atom. The highest BCUT2D eigenvalue weighted by molar-refractivity contribution is 7.92. The van der Waals surface area contributed by atoms with Crippen LogP contribution in [0.3, 0.4) is 0 Å². The summed E-state index contributed by atoms with van der Waals surface area (Å²) in [5.74, 6) is -6.43. The summed E-state index contributed by atoms with van der Waals surface area (Å²) in [6, 6.07) is 16.1. The Bertz CT molecular complexity index is 2490. The number of carbonyl (C=O) groups is 2. The van der Waals surface area contributed by atoms with E-state index in [0.717, 1.165) is 35.6 Å². The number of benzene rings is 4. The van der Waals surface area contributed by atoms with Gasteiger partial charge in [0.25, 0.3) is 5.91 Å². The number of thiazole rings is 1. The number of nitrogens with one attached hydrogen (secondary N) is 1. The van der Waals surface area contributed by atoms with Crippen LogP contribution < -0.4 is 19.5 Å². The van der Waals surface area contributed by atoms with Crippen molar-refractivity contribution >= 4 is 48.0 Å². The van der Waals surface area contributed by atoms with Gasteiger partial charge in [0.1, 0.15) is 11.6 Å². The molecule has 300 valence electrons. The maximum absolute atomic E-state index is 14.2. The number of ether oxygens (including phenoxy) is 3. The molecule has 5 aromatic rings. The van der Waals surface area contributed by atoms with Crippen LogP contribution in [0.2, 0.25) is 0 Å². The SMILES string of the molecule is COc1cnc(NC(=O)C(Oc2ccc(F)cc2F)c2ccc(S(=O)(=O)C3CC3)cc2)s1.O=C(O)C(Oc1ccc(F)cc1F)c1ccc(S(=O)(=O)C2CC2)cc1. The number of carboxylic acid groups (broad SMARTS) is 1. The number of halogens is 4. The summed E-state index contributed by atoms with van der Waals surface area (Å²) in [7, 11) is -5.34. The molecule has 2 atom stereocenters. The molecule has 2 aliphatic rings. The third-order valence-corrected chi connectivity index (χ3v) is 14.0. The van der Waals surface area contributed by atoms with Crippen molar-refractivity contribution in [3.8, 4) is 16.6 Å². The maximum atomic E-state index is 14.2. The lowest BCUT2D eigenvalue weighted by molar-refractivity contribution is -0.145. The van der Waals surface area contributed by atoms with E-state index >= 15 is 0 Å². The lowest BCUT2D eigenvalue weighted by Gasteiger charge is -2.19. The van der Waals surface area contributed by atoms with Crippen molar-refractivity contribution in [2.45, 2.75) is 58.2 Å². The van der Waals surface area contributed by atoms with E-state index in [9.17, 15) is 49.1 Å². The number of carboxylic acids is 1. The second-order valence-electron chi connectivity index (χ2n) is 12.8. The first kappa shape index (κ1) is 41.1. The zero-order valence-electron chi connectivity index (χ0n) is 29.6. The number of hydrogen-bond acceptors (Lipinski definition) is 11. The van der Waals surface area contributed by atoms with Crippen molar-refractivity contribution in [1.82, 2.24) is 4.98 Å². The molecule has 0 radical (unpaired) electrons. The highest BCUT2D eigenvalue weighted by Gasteiger charge is 2.38. The Balaban J connectivity index is 0.000000199. The fourth-order valence-electron chi connectivity index (χ4n) is 5.32. The van der Waals surface area contributed by atoms with Gasteiger partial charge < -0.3 is 19.3 Å². The smallest absolute Gasteiger partial charge is 0.349 e. The molecule has 1 heterocycles. The number of rotatable bonds is 14. The van der Waals surface area contributed by atoms with Crippen molar-refractivity contribution in [3.63, 3.8) is 0 Å². The van der Waals surface area contributed by atoms with Gasteiger partial charge in [-0.15, -0.1) is 0 Å². The number of sulfone groups is 2. The van der Waals surface area contributed by atoms with Gasteiger partial charge in [-0.1, -0.05) is 35.6 Å². The molecule has 0 spiro atoms. The highest BCUT2D eigenvalue weighted by atomic mass is 32.2. The largest absolute Gasteiger partial charge is 0.486 e. The van der Waals surface area contributed by atoms with E-state index in [4.69, 9.17) is 14.2 Å². The van der Waals surface area contributed by atoms with Gasteiger partial charge in [0.2, 0.25) is 12.2 Å². The number of methoxy groups -OCH3 is 1. The minimum atomic E-state index is -3.41. The van der Waals surface area contributed by atoms with Crippen LogP contribution in [0.4, 0.5) is 22.7 Å². The molecule has 2 N–H and O–H groups in total. The maximum Gasteiger partial charge on any atom is 0.349 e. The Morgan fingerprint density at radius 1 is 0.719 bits per heavy atom. The van der Waals surface area contributed by atoms with E-state index in [2.05, 4.69) is 10.3 Å². The number of amides is 1. The topological polar surface area (TPSA) is 175 Å².